The van der Waals surface area contributed by atoms with Crippen LogP contribution < -0.4 is 0 Å². The van der Waals surface area contributed by atoms with Crippen molar-refractivity contribution in [3.05, 3.63) is 104 Å². The van der Waals surface area contributed by atoms with Gasteiger partial charge in [0.1, 0.15) is 6.33 Å². The maximum absolute atomic E-state index is 4.57. The average molecular weight is 428 g/mol. The van der Waals surface area contributed by atoms with Crippen molar-refractivity contribution in [2.75, 3.05) is 0 Å². The molecule has 0 aliphatic rings. The lowest BCUT2D eigenvalue weighted by Crippen LogP contribution is -1.93. The Morgan fingerprint density at radius 1 is 0.656 bits per heavy atom. The molecule has 7 aromatic rings. The van der Waals surface area contributed by atoms with Crippen LogP contribution in [-0.4, -0.2) is 14.5 Å². The Balaban J connectivity index is 1.57. The van der Waals surface area contributed by atoms with Crippen LogP contribution in [0.1, 0.15) is 0 Å². The molecule has 0 saturated heterocycles. The van der Waals surface area contributed by atoms with E-state index < -0.39 is 0 Å². The van der Waals surface area contributed by atoms with Crippen molar-refractivity contribution in [3.8, 4) is 16.8 Å². The number of hydrogen-bond donors (Lipinski definition) is 0. The Hall–Kier alpha value is -4.02. The van der Waals surface area contributed by atoms with Gasteiger partial charge in [-0.15, -0.1) is 11.3 Å². The fourth-order valence-electron chi connectivity index (χ4n) is 4.72. The summed E-state index contributed by atoms with van der Waals surface area (Å²) in [6.07, 6.45) is 3.55. The minimum atomic E-state index is 1.03. The SMILES string of the molecule is c1ccc(-c2ccc(-n3c4ccccc4c4ccc5c6ncncc6sc5c43)cc2)cc1. The van der Waals surface area contributed by atoms with Crippen molar-refractivity contribution in [1.82, 2.24) is 14.5 Å². The lowest BCUT2D eigenvalue weighted by molar-refractivity contribution is 1.19. The van der Waals surface area contributed by atoms with Gasteiger partial charge in [-0.05, 0) is 29.3 Å². The molecule has 0 amide bonds. The number of benzene rings is 4. The molecule has 0 saturated carbocycles. The summed E-state index contributed by atoms with van der Waals surface area (Å²) in [5.41, 5.74) is 7.08. The number of aromatic nitrogens is 3. The maximum atomic E-state index is 4.57. The number of thiophene rings is 1. The van der Waals surface area contributed by atoms with E-state index in [1.54, 1.807) is 17.7 Å². The maximum Gasteiger partial charge on any atom is 0.116 e. The average Bonchev–Trinajstić information content (AvgIpc) is 3.41. The second kappa shape index (κ2) is 6.74. The van der Waals surface area contributed by atoms with E-state index >= 15 is 0 Å². The molecule has 0 unspecified atom stereocenters. The molecule has 4 heteroatoms. The minimum absolute atomic E-state index is 1.03. The Bertz CT molecular complexity index is 1760. The minimum Gasteiger partial charge on any atom is -0.308 e. The molecule has 3 aromatic heterocycles. The quantitative estimate of drug-likeness (QED) is 0.284. The predicted molar refractivity (Wildman–Crippen MR) is 135 cm³/mol. The van der Waals surface area contributed by atoms with Crippen LogP contribution in [0.3, 0.4) is 0 Å². The van der Waals surface area contributed by atoms with Crippen LogP contribution in [0.5, 0.6) is 0 Å². The molecular formula is C28H17N3S. The standard InChI is InChI=1S/C28H17N3S/c1-2-6-18(7-3-1)19-10-12-20(13-11-19)31-24-9-5-4-8-21(24)22-14-15-23-26-25(16-29-17-30-26)32-28(23)27(22)31/h1-17H. The van der Waals surface area contributed by atoms with Crippen LogP contribution in [0.4, 0.5) is 0 Å². The van der Waals surface area contributed by atoms with Gasteiger partial charge in [-0.3, -0.25) is 0 Å². The molecule has 0 aliphatic heterocycles. The number of fused-ring (bicyclic) bond motifs is 7. The van der Waals surface area contributed by atoms with E-state index in [9.17, 15) is 0 Å². The van der Waals surface area contributed by atoms with Crippen molar-refractivity contribution in [3.63, 3.8) is 0 Å². The van der Waals surface area contributed by atoms with Crippen LogP contribution >= 0.6 is 11.3 Å². The third-order valence-corrected chi connectivity index (χ3v) is 7.30. The summed E-state index contributed by atoms with van der Waals surface area (Å²) >= 11 is 1.77. The van der Waals surface area contributed by atoms with E-state index in [2.05, 4.69) is 106 Å². The Morgan fingerprint density at radius 3 is 2.28 bits per heavy atom. The molecule has 0 aliphatic carbocycles. The van der Waals surface area contributed by atoms with E-state index in [1.807, 2.05) is 6.20 Å². The molecule has 4 aromatic carbocycles. The molecule has 0 radical (unpaired) electrons. The van der Waals surface area contributed by atoms with E-state index in [4.69, 9.17) is 0 Å². The Kier molecular flexibility index (Phi) is 3.72. The van der Waals surface area contributed by atoms with Crippen molar-refractivity contribution in [2.45, 2.75) is 0 Å². The smallest absolute Gasteiger partial charge is 0.116 e. The zero-order chi connectivity index (χ0) is 21.1. The first-order valence-corrected chi connectivity index (χ1v) is 11.4. The van der Waals surface area contributed by atoms with Gasteiger partial charge in [-0.1, -0.05) is 72.8 Å². The Morgan fingerprint density at radius 2 is 1.41 bits per heavy atom. The number of rotatable bonds is 2. The topological polar surface area (TPSA) is 30.7 Å². The third kappa shape index (κ3) is 2.47. The first-order chi connectivity index (χ1) is 15.9. The first-order valence-electron chi connectivity index (χ1n) is 10.6. The summed E-state index contributed by atoms with van der Waals surface area (Å²) < 4.78 is 4.76. The molecular weight excluding hydrogens is 410 g/mol. The molecule has 0 spiro atoms. The summed E-state index contributed by atoms with van der Waals surface area (Å²) in [5.74, 6) is 0. The van der Waals surface area contributed by atoms with Crippen LogP contribution in [0.2, 0.25) is 0 Å². The second-order valence-corrected chi connectivity index (χ2v) is 8.99. The fraction of sp³-hybridized carbons (Fsp3) is 0. The normalized spacial score (nSPS) is 11.8. The van der Waals surface area contributed by atoms with Gasteiger partial charge in [0.25, 0.3) is 0 Å². The third-order valence-electron chi connectivity index (χ3n) is 6.17. The van der Waals surface area contributed by atoms with Crippen LogP contribution in [0, 0.1) is 0 Å². The molecule has 0 fully saturated rings. The summed E-state index contributed by atoms with van der Waals surface area (Å²) in [4.78, 5) is 8.81. The van der Waals surface area contributed by atoms with Crippen LogP contribution in [0.25, 0.3) is 58.9 Å². The van der Waals surface area contributed by atoms with Gasteiger partial charge in [0, 0.05) is 28.0 Å². The van der Waals surface area contributed by atoms with Crippen LogP contribution in [0.15, 0.2) is 104 Å². The van der Waals surface area contributed by atoms with Gasteiger partial charge in [0.2, 0.25) is 0 Å². The van der Waals surface area contributed by atoms with Gasteiger partial charge in [-0.2, -0.15) is 0 Å². The summed E-state index contributed by atoms with van der Waals surface area (Å²) in [7, 11) is 0. The summed E-state index contributed by atoms with van der Waals surface area (Å²) in [6, 6.07) is 32.5. The van der Waals surface area contributed by atoms with Gasteiger partial charge < -0.3 is 4.57 Å². The highest BCUT2D eigenvalue weighted by atomic mass is 32.1. The van der Waals surface area contributed by atoms with Crippen molar-refractivity contribution in [1.29, 1.82) is 0 Å². The lowest BCUT2D eigenvalue weighted by Gasteiger charge is -2.10. The lowest BCUT2D eigenvalue weighted by atomic mass is 10.1. The van der Waals surface area contributed by atoms with E-state index in [1.165, 1.54) is 43.0 Å². The Labute approximate surface area is 188 Å². The molecule has 150 valence electrons. The monoisotopic (exact) mass is 427 g/mol. The highest BCUT2D eigenvalue weighted by Gasteiger charge is 2.18. The largest absolute Gasteiger partial charge is 0.308 e. The summed E-state index contributed by atoms with van der Waals surface area (Å²) in [6.45, 7) is 0. The summed E-state index contributed by atoms with van der Waals surface area (Å²) in [5, 5.41) is 3.71. The predicted octanol–water partition coefficient (Wildman–Crippen LogP) is 7.61. The number of hydrogen-bond acceptors (Lipinski definition) is 3. The van der Waals surface area contributed by atoms with Crippen molar-refractivity contribution in [2.24, 2.45) is 0 Å². The highest BCUT2D eigenvalue weighted by Crippen LogP contribution is 2.42. The van der Waals surface area contributed by atoms with Crippen molar-refractivity contribution >= 4 is 53.4 Å². The zero-order valence-corrected chi connectivity index (χ0v) is 17.9. The second-order valence-electron chi connectivity index (χ2n) is 7.94. The van der Waals surface area contributed by atoms with E-state index in [0.717, 1.165) is 15.9 Å². The van der Waals surface area contributed by atoms with Crippen LogP contribution in [-0.2, 0) is 0 Å². The van der Waals surface area contributed by atoms with Gasteiger partial charge >= 0.3 is 0 Å². The molecule has 32 heavy (non-hydrogen) atoms. The highest BCUT2D eigenvalue weighted by molar-refractivity contribution is 7.26. The zero-order valence-electron chi connectivity index (χ0n) is 17.1. The molecule has 0 bridgehead atoms. The fourth-order valence-corrected chi connectivity index (χ4v) is 5.89. The molecule has 3 nitrogen and oxygen atoms in total. The first kappa shape index (κ1) is 17.6. The van der Waals surface area contributed by atoms with Gasteiger partial charge in [0.15, 0.2) is 0 Å². The van der Waals surface area contributed by atoms with E-state index in [0.29, 0.717) is 0 Å². The molecule has 0 atom stereocenters. The molecule has 7 rings (SSSR count). The molecule has 3 heterocycles. The van der Waals surface area contributed by atoms with E-state index in [-0.39, 0.29) is 0 Å². The molecule has 0 N–H and O–H groups in total. The number of para-hydroxylation sites is 1. The van der Waals surface area contributed by atoms with Gasteiger partial charge in [-0.25, -0.2) is 9.97 Å². The van der Waals surface area contributed by atoms with Crippen molar-refractivity contribution < 1.29 is 0 Å². The van der Waals surface area contributed by atoms with Gasteiger partial charge in [0.05, 0.1) is 25.9 Å². The number of nitrogens with zero attached hydrogens (tertiary/aromatic N) is 3.